The molecule has 2 aromatic rings. The maximum atomic E-state index is 10.4. The average Bonchev–Trinajstić information content (AvgIpc) is 3.01. The van der Waals surface area contributed by atoms with E-state index in [0.717, 1.165) is 0 Å². The largest absolute Gasteiger partial charge is 0.394 e. The summed E-state index contributed by atoms with van der Waals surface area (Å²) in [6.45, 7) is 1.21. The van der Waals surface area contributed by atoms with Crippen molar-refractivity contribution >= 4 is 29.3 Å². The summed E-state index contributed by atoms with van der Waals surface area (Å²) in [7, 11) is 0. The van der Waals surface area contributed by atoms with Crippen molar-refractivity contribution in [3.05, 3.63) is 11.0 Å². The Kier molecular flexibility index (Phi) is 3.83. The summed E-state index contributed by atoms with van der Waals surface area (Å²) in [6, 6.07) is 0. The van der Waals surface area contributed by atoms with Crippen LogP contribution >= 0.6 is 12.2 Å². The van der Waals surface area contributed by atoms with E-state index in [-0.39, 0.29) is 10.6 Å². The van der Waals surface area contributed by atoms with Gasteiger partial charge in [0.2, 0.25) is 0 Å². The van der Waals surface area contributed by atoms with Crippen LogP contribution in [0.2, 0.25) is 0 Å². The van der Waals surface area contributed by atoms with E-state index in [1.165, 1.54) is 6.33 Å². The van der Waals surface area contributed by atoms with Gasteiger partial charge in [0, 0.05) is 0 Å². The van der Waals surface area contributed by atoms with Gasteiger partial charge in [0.15, 0.2) is 22.4 Å². The highest BCUT2D eigenvalue weighted by atomic mass is 32.1. The molecular weight excluding hydrogens is 320 g/mol. The van der Waals surface area contributed by atoms with E-state index < -0.39 is 30.6 Å². The zero-order valence-electron chi connectivity index (χ0n) is 12.2. The molecule has 2 aromatic heterocycles. The number of hydrogen-bond acceptors (Lipinski definition) is 8. The molecule has 0 spiro atoms. The molecule has 2 unspecified atom stereocenters. The van der Waals surface area contributed by atoms with Crippen LogP contribution in [-0.2, 0) is 4.74 Å². The Balaban J connectivity index is 2.20. The number of nitrogen functional groups attached to an aromatic ring is 1. The van der Waals surface area contributed by atoms with Crippen molar-refractivity contribution in [2.75, 3.05) is 12.3 Å². The van der Waals surface area contributed by atoms with Crippen LogP contribution in [0, 0.1) is 16.5 Å². The number of aliphatic hydroxyl groups excluding tert-OH is 2. The third kappa shape index (κ3) is 2.30. The van der Waals surface area contributed by atoms with Gasteiger partial charge in [-0.2, -0.15) is 0 Å². The molecule has 4 atom stereocenters. The van der Waals surface area contributed by atoms with E-state index in [1.54, 1.807) is 11.5 Å². The number of aromatic nitrogens is 4. The normalized spacial score (nSPS) is 30.3. The maximum absolute atomic E-state index is 10.4. The summed E-state index contributed by atoms with van der Waals surface area (Å²) in [5, 5.41) is 19.8. The van der Waals surface area contributed by atoms with Crippen molar-refractivity contribution in [1.29, 1.82) is 0 Å². The SMILES string of the molecule is CC#C[C@@]1(N)C(O)C(CO)O[C@H]1n1cnc2c(=S)nc(N)[nH]c21. The first kappa shape index (κ1) is 15.9. The Labute approximate surface area is 136 Å². The number of hydrogen-bond donors (Lipinski definition) is 5. The fourth-order valence-corrected chi connectivity index (χ4v) is 2.98. The number of fused-ring (bicyclic) bond motifs is 1. The summed E-state index contributed by atoms with van der Waals surface area (Å²) in [6.07, 6.45) is -1.48. The van der Waals surface area contributed by atoms with Gasteiger partial charge in [0.25, 0.3) is 0 Å². The number of H-pyrrole nitrogens is 1. The van der Waals surface area contributed by atoms with Gasteiger partial charge in [-0.25, -0.2) is 9.97 Å². The second kappa shape index (κ2) is 5.55. The number of imidazole rings is 1. The van der Waals surface area contributed by atoms with Crippen molar-refractivity contribution in [2.24, 2.45) is 5.73 Å². The van der Waals surface area contributed by atoms with Crippen LogP contribution in [0.3, 0.4) is 0 Å². The van der Waals surface area contributed by atoms with Crippen LogP contribution in [0.5, 0.6) is 0 Å². The molecule has 0 amide bonds. The zero-order chi connectivity index (χ0) is 16.8. The molecule has 23 heavy (non-hydrogen) atoms. The molecule has 10 heteroatoms. The molecule has 1 fully saturated rings. The molecular formula is C13H16N6O3S. The van der Waals surface area contributed by atoms with E-state index in [9.17, 15) is 10.2 Å². The van der Waals surface area contributed by atoms with Gasteiger partial charge in [-0.05, 0) is 6.92 Å². The molecule has 1 saturated heterocycles. The molecule has 9 nitrogen and oxygen atoms in total. The number of nitrogens with two attached hydrogens (primary N) is 2. The topological polar surface area (TPSA) is 148 Å². The second-order valence-electron chi connectivity index (χ2n) is 5.24. The molecule has 3 rings (SSSR count). The van der Waals surface area contributed by atoms with Crippen molar-refractivity contribution in [3.8, 4) is 11.8 Å². The Bertz CT molecular complexity index is 868. The number of aliphatic hydroxyl groups is 2. The van der Waals surface area contributed by atoms with Crippen molar-refractivity contribution in [3.63, 3.8) is 0 Å². The standard InChI is InChI=1S/C13H16N6O3S/c1-2-3-13(15)8(21)6(4-20)22-11(13)19-5-16-7-9(19)17-12(14)18-10(7)23/h5-6,8,11,20-21H,4,15H2,1H3,(H3,14,17,18,23)/t6?,8?,11-,13-/m1/s1. The molecule has 1 aliphatic heterocycles. The highest BCUT2D eigenvalue weighted by Gasteiger charge is 2.54. The summed E-state index contributed by atoms with van der Waals surface area (Å²) in [4.78, 5) is 11.0. The van der Waals surface area contributed by atoms with Gasteiger partial charge in [-0.1, -0.05) is 18.1 Å². The third-order valence-corrected chi connectivity index (χ3v) is 4.08. The van der Waals surface area contributed by atoms with Crippen molar-refractivity contribution in [2.45, 2.75) is 30.9 Å². The van der Waals surface area contributed by atoms with E-state index in [4.69, 9.17) is 28.4 Å². The van der Waals surface area contributed by atoms with Crippen LogP contribution in [0.1, 0.15) is 13.2 Å². The molecule has 0 aromatic carbocycles. The van der Waals surface area contributed by atoms with Gasteiger partial charge in [-0.15, -0.1) is 5.92 Å². The van der Waals surface area contributed by atoms with E-state index in [2.05, 4.69) is 26.8 Å². The first-order valence-electron chi connectivity index (χ1n) is 6.82. The first-order valence-corrected chi connectivity index (χ1v) is 7.22. The lowest BCUT2D eigenvalue weighted by Crippen LogP contribution is -2.53. The fraction of sp³-hybridized carbons (Fsp3) is 0.462. The van der Waals surface area contributed by atoms with Gasteiger partial charge < -0.3 is 31.4 Å². The minimum atomic E-state index is -1.43. The minimum Gasteiger partial charge on any atom is -0.394 e. The lowest BCUT2D eigenvalue weighted by atomic mass is 9.91. The van der Waals surface area contributed by atoms with Gasteiger partial charge in [-0.3, -0.25) is 4.57 Å². The molecule has 0 radical (unpaired) electrons. The number of anilines is 1. The Morgan fingerprint density at radius 2 is 2.35 bits per heavy atom. The summed E-state index contributed by atoms with van der Waals surface area (Å²) in [5.74, 6) is 5.58. The molecule has 1 aliphatic rings. The maximum Gasteiger partial charge on any atom is 0.200 e. The van der Waals surface area contributed by atoms with Crippen LogP contribution in [0.25, 0.3) is 11.2 Å². The van der Waals surface area contributed by atoms with E-state index >= 15 is 0 Å². The van der Waals surface area contributed by atoms with Crippen LogP contribution < -0.4 is 11.5 Å². The monoisotopic (exact) mass is 336 g/mol. The van der Waals surface area contributed by atoms with Crippen molar-refractivity contribution < 1.29 is 14.9 Å². The Morgan fingerprint density at radius 3 is 3.00 bits per heavy atom. The quantitative estimate of drug-likeness (QED) is 0.348. The highest BCUT2D eigenvalue weighted by molar-refractivity contribution is 7.71. The van der Waals surface area contributed by atoms with Crippen LogP contribution in [-0.4, -0.2) is 54.1 Å². The number of rotatable bonds is 2. The lowest BCUT2D eigenvalue weighted by Gasteiger charge is -2.27. The number of nitrogens with zero attached hydrogens (tertiary/aromatic N) is 3. The van der Waals surface area contributed by atoms with Crippen LogP contribution in [0.4, 0.5) is 5.95 Å². The molecule has 3 heterocycles. The van der Waals surface area contributed by atoms with Gasteiger partial charge >= 0.3 is 0 Å². The Morgan fingerprint density at radius 1 is 1.61 bits per heavy atom. The van der Waals surface area contributed by atoms with Crippen LogP contribution in [0.15, 0.2) is 6.33 Å². The zero-order valence-corrected chi connectivity index (χ0v) is 13.0. The molecule has 0 bridgehead atoms. The first-order chi connectivity index (χ1) is 10.9. The third-order valence-electron chi connectivity index (χ3n) is 3.79. The van der Waals surface area contributed by atoms with Gasteiger partial charge in [0.05, 0.1) is 12.9 Å². The van der Waals surface area contributed by atoms with E-state index in [1.807, 2.05) is 0 Å². The number of nitrogens with one attached hydrogen (secondary N) is 1. The minimum absolute atomic E-state index is 0.116. The van der Waals surface area contributed by atoms with Crippen molar-refractivity contribution in [1.82, 2.24) is 19.5 Å². The fourth-order valence-electron chi connectivity index (χ4n) is 2.73. The molecule has 0 aliphatic carbocycles. The Hall–Kier alpha value is -2.03. The molecule has 0 saturated carbocycles. The number of ether oxygens (including phenoxy) is 1. The summed E-state index contributed by atoms with van der Waals surface area (Å²) >= 11 is 5.13. The lowest BCUT2D eigenvalue weighted by molar-refractivity contribution is -0.0447. The smallest absolute Gasteiger partial charge is 0.200 e. The highest BCUT2D eigenvalue weighted by Crippen LogP contribution is 2.37. The molecule has 7 N–H and O–H groups in total. The van der Waals surface area contributed by atoms with Gasteiger partial charge in [0.1, 0.15) is 23.4 Å². The predicted octanol–water partition coefficient (Wildman–Crippen LogP) is -0.958. The summed E-state index contributed by atoms with van der Waals surface area (Å²) < 4.78 is 7.48. The average molecular weight is 336 g/mol. The predicted molar refractivity (Wildman–Crippen MR) is 84.5 cm³/mol. The van der Waals surface area contributed by atoms with E-state index in [0.29, 0.717) is 11.2 Å². The summed E-state index contributed by atoms with van der Waals surface area (Å²) in [5.41, 5.74) is 11.4. The second-order valence-corrected chi connectivity index (χ2v) is 5.63. The molecule has 122 valence electrons. The number of aromatic amines is 1.